The third-order valence-electron chi connectivity index (χ3n) is 3.79. The number of piperidine rings is 1. The summed E-state index contributed by atoms with van der Waals surface area (Å²) in [6.07, 6.45) is 0.0701. The van der Waals surface area contributed by atoms with Gasteiger partial charge in [-0.1, -0.05) is 0 Å². The van der Waals surface area contributed by atoms with Crippen molar-refractivity contribution in [3.63, 3.8) is 0 Å². The SMILES string of the molecule is CCOC(=O)CC(C)(O)CC1NC2C1CC2(F)F. The molecule has 1 aliphatic heterocycles. The van der Waals surface area contributed by atoms with Crippen molar-refractivity contribution < 1.29 is 23.4 Å². The van der Waals surface area contributed by atoms with Crippen molar-refractivity contribution >= 4 is 5.97 Å². The average Bonchev–Trinajstić information content (AvgIpc) is 2.20. The van der Waals surface area contributed by atoms with Crippen molar-refractivity contribution in [2.75, 3.05) is 6.61 Å². The van der Waals surface area contributed by atoms with Crippen LogP contribution in [0.5, 0.6) is 0 Å². The molecule has 1 heterocycles. The van der Waals surface area contributed by atoms with E-state index < -0.39 is 23.5 Å². The van der Waals surface area contributed by atoms with Gasteiger partial charge >= 0.3 is 5.97 Å². The number of esters is 1. The Morgan fingerprint density at radius 2 is 2.28 bits per heavy atom. The van der Waals surface area contributed by atoms with Crippen LogP contribution in [-0.4, -0.2) is 41.3 Å². The molecule has 6 heteroatoms. The molecule has 1 aliphatic carbocycles. The largest absolute Gasteiger partial charge is 0.466 e. The van der Waals surface area contributed by atoms with Gasteiger partial charge in [0, 0.05) is 18.4 Å². The first kappa shape index (κ1) is 13.7. The Bertz CT molecular complexity index is 346. The molecule has 0 aromatic heterocycles. The van der Waals surface area contributed by atoms with Crippen LogP contribution in [0.4, 0.5) is 8.78 Å². The fraction of sp³-hybridized carbons (Fsp3) is 0.917. The minimum absolute atomic E-state index is 0.0753. The summed E-state index contributed by atoms with van der Waals surface area (Å²) in [6, 6.07) is -0.861. The van der Waals surface area contributed by atoms with Crippen LogP contribution in [0, 0.1) is 5.92 Å². The number of carbonyl (C=O) groups excluding carboxylic acids is 1. The molecule has 0 amide bonds. The molecule has 18 heavy (non-hydrogen) atoms. The van der Waals surface area contributed by atoms with Crippen LogP contribution < -0.4 is 5.32 Å². The van der Waals surface area contributed by atoms with Crippen LogP contribution in [0.1, 0.15) is 33.1 Å². The first-order valence-electron chi connectivity index (χ1n) is 6.27. The van der Waals surface area contributed by atoms with Gasteiger partial charge in [-0.2, -0.15) is 0 Å². The number of hydrogen-bond acceptors (Lipinski definition) is 4. The summed E-state index contributed by atoms with van der Waals surface area (Å²) < 4.78 is 30.7. The lowest BCUT2D eigenvalue weighted by Gasteiger charge is -2.59. The monoisotopic (exact) mass is 263 g/mol. The van der Waals surface area contributed by atoms with Gasteiger partial charge in [0.25, 0.3) is 5.92 Å². The third-order valence-corrected chi connectivity index (χ3v) is 3.79. The molecule has 1 saturated carbocycles. The van der Waals surface area contributed by atoms with E-state index in [0.29, 0.717) is 6.42 Å². The molecular formula is C12H19F2NO3. The lowest BCUT2D eigenvalue weighted by atomic mass is 9.62. The molecule has 0 radical (unpaired) electrons. The Balaban J connectivity index is 1.78. The topological polar surface area (TPSA) is 58.6 Å². The van der Waals surface area contributed by atoms with E-state index in [1.807, 2.05) is 0 Å². The summed E-state index contributed by atoms with van der Waals surface area (Å²) in [6.45, 7) is 3.50. The Kier molecular flexibility index (Phi) is 3.36. The first-order chi connectivity index (χ1) is 8.25. The molecule has 2 fully saturated rings. The van der Waals surface area contributed by atoms with Gasteiger partial charge in [0.1, 0.15) is 0 Å². The van der Waals surface area contributed by atoms with Gasteiger partial charge in [-0.05, 0) is 20.3 Å². The number of rotatable bonds is 5. The number of aliphatic hydroxyl groups is 1. The molecule has 4 atom stereocenters. The highest BCUT2D eigenvalue weighted by Crippen LogP contribution is 2.51. The lowest BCUT2D eigenvalue weighted by Crippen LogP contribution is -2.77. The fourth-order valence-corrected chi connectivity index (χ4v) is 2.85. The molecule has 2 rings (SSSR count). The number of ether oxygens (including phenoxy) is 1. The summed E-state index contributed by atoms with van der Waals surface area (Å²) >= 11 is 0. The molecule has 0 aromatic carbocycles. The van der Waals surface area contributed by atoms with Crippen LogP contribution in [-0.2, 0) is 9.53 Å². The normalized spacial score (nSPS) is 35.7. The zero-order chi connectivity index (χ0) is 13.6. The number of fused-ring (bicyclic) bond motifs is 1. The zero-order valence-electron chi connectivity index (χ0n) is 10.6. The van der Waals surface area contributed by atoms with Crippen molar-refractivity contribution in [2.45, 2.75) is 56.7 Å². The molecule has 104 valence electrons. The molecule has 0 spiro atoms. The Morgan fingerprint density at radius 1 is 1.61 bits per heavy atom. The first-order valence-corrected chi connectivity index (χ1v) is 6.27. The van der Waals surface area contributed by atoms with Crippen LogP contribution >= 0.6 is 0 Å². The number of nitrogens with one attached hydrogen (secondary N) is 1. The number of halogens is 2. The van der Waals surface area contributed by atoms with Gasteiger partial charge < -0.3 is 15.2 Å². The Labute approximate surface area is 105 Å². The summed E-state index contributed by atoms with van der Waals surface area (Å²) in [5.74, 6) is -3.14. The van der Waals surface area contributed by atoms with Gasteiger partial charge in [-0.25, -0.2) is 8.78 Å². The van der Waals surface area contributed by atoms with E-state index >= 15 is 0 Å². The highest BCUT2D eigenvalue weighted by molar-refractivity contribution is 5.70. The van der Waals surface area contributed by atoms with E-state index in [1.54, 1.807) is 6.92 Å². The second kappa shape index (κ2) is 4.42. The van der Waals surface area contributed by atoms with Crippen LogP contribution in [0.15, 0.2) is 0 Å². The number of hydrogen-bond donors (Lipinski definition) is 2. The van der Waals surface area contributed by atoms with Gasteiger partial charge in [-0.3, -0.25) is 4.79 Å². The van der Waals surface area contributed by atoms with Gasteiger partial charge in [0.2, 0.25) is 0 Å². The van der Waals surface area contributed by atoms with Gasteiger partial charge in [0.15, 0.2) is 0 Å². The lowest BCUT2D eigenvalue weighted by molar-refractivity contribution is -0.209. The minimum atomic E-state index is -2.60. The van der Waals surface area contributed by atoms with E-state index in [-0.39, 0.29) is 31.4 Å². The standard InChI is InChI=1S/C12H19F2NO3/c1-3-18-9(16)6-11(2,17)5-8-7-4-12(13,14)10(7)15-8/h7-8,10,15,17H,3-6H2,1-2H3. The van der Waals surface area contributed by atoms with Crippen molar-refractivity contribution in [3.8, 4) is 0 Å². The molecule has 2 N–H and O–H groups in total. The molecule has 0 aromatic rings. The predicted octanol–water partition coefficient (Wildman–Crippen LogP) is 1.08. The second-order valence-corrected chi connectivity index (χ2v) is 5.56. The maximum absolute atomic E-state index is 13.0. The summed E-state index contributed by atoms with van der Waals surface area (Å²) in [5.41, 5.74) is -1.21. The highest BCUT2D eigenvalue weighted by atomic mass is 19.3. The van der Waals surface area contributed by atoms with E-state index in [1.165, 1.54) is 6.92 Å². The van der Waals surface area contributed by atoms with Crippen LogP contribution in [0.3, 0.4) is 0 Å². The van der Waals surface area contributed by atoms with E-state index in [4.69, 9.17) is 4.74 Å². The highest BCUT2D eigenvalue weighted by Gasteiger charge is 2.65. The molecule has 4 nitrogen and oxygen atoms in total. The maximum Gasteiger partial charge on any atom is 0.308 e. The molecule has 4 unspecified atom stereocenters. The number of alkyl halides is 2. The minimum Gasteiger partial charge on any atom is -0.466 e. The van der Waals surface area contributed by atoms with Crippen molar-refractivity contribution in [1.82, 2.24) is 5.32 Å². The van der Waals surface area contributed by atoms with Crippen molar-refractivity contribution in [3.05, 3.63) is 0 Å². The average molecular weight is 263 g/mol. The van der Waals surface area contributed by atoms with Crippen LogP contribution in [0.25, 0.3) is 0 Å². The zero-order valence-corrected chi connectivity index (χ0v) is 10.6. The van der Waals surface area contributed by atoms with Crippen molar-refractivity contribution in [2.24, 2.45) is 5.92 Å². The summed E-state index contributed by atoms with van der Waals surface area (Å²) in [4.78, 5) is 11.3. The smallest absolute Gasteiger partial charge is 0.308 e. The third kappa shape index (κ3) is 2.49. The molecular weight excluding hydrogens is 244 g/mol. The molecule has 0 bridgehead atoms. The van der Waals surface area contributed by atoms with Crippen LogP contribution in [0.2, 0.25) is 0 Å². The van der Waals surface area contributed by atoms with E-state index in [2.05, 4.69) is 5.32 Å². The second-order valence-electron chi connectivity index (χ2n) is 5.56. The van der Waals surface area contributed by atoms with Crippen molar-refractivity contribution in [1.29, 1.82) is 0 Å². The Morgan fingerprint density at radius 3 is 2.72 bits per heavy atom. The maximum atomic E-state index is 13.0. The Hall–Kier alpha value is -0.750. The summed E-state index contributed by atoms with van der Waals surface area (Å²) in [7, 11) is 0. The predicted molar refractivity (Wildman–Crippen MR) is 60.3 cm³/mol. The quantitative estimate of drug-likeness (QED) is 0.729. The van der Waals surface area contributed by atoms with E-state index in [9.17, 15) is 18.7 Å². The van der Waals surface area contributed by atoms with Gasteiger partial charge in [0.05, 0.1) is 24.7 Å². The van der Waals surface area contributed by atoms with Gasteiger partial charge in [-0.15, -0.1) is 0 Å². The molecule has 2 aliphatic rings. The summed E-state index contributed by atoms with van der Waals surface area (Å²) in [5, 5.41) is 12.8. The number of carbonyl (C=O) groups is 1. The van der Waals surface area contributed by atoms with E-state index in [0.717, 1.165) is 0 Å². The molecule has 1 saturated heterocycles. The fourth-order valence-electron chi connectivity index (χ4n) is 2.85.